The average molecular weight is 229 g/mol. The van der Waals surface area contributed by atoms with Gasteiger partial charge in [-0.2, -0.15) is 0 Å². The molecule has 0 aliphatic carbocycles. The first-order chi connectivity index (χ1) is 7.66. The van der Waals surface area contributed by atoms with Crippen molar-refractivity contribution in [3.63, 3.8) is 0 Å². The summed E-state index contributed by atoms with van der Waals surface area (Å²) in [6.45, 7) is 11.8. The first kappa shape index (κ1) is 15.9. The molecule has 0 amide bonds. The van der Waals surface area contributed by atoms with Crippen LogP contribution in [0.5, 0.6) is 0 Å². The molecule has 2 nitrogen and oxygen atoms in total. The zero-order valence-corrected chi connectivity index (χ0v) is 11.7. The summed E-state index contributed by atoms with van der Waals surface area (Å²) >= 11 is 0. The van der Waals surface area contributed by atoms with Crippen LogP contribution in [-0.2, 0) is 4.74 Å². The highest BCUT2D eigenvalue weighted by molar-refractivity contribution is 4.61. The molecule has 0 aromatic rings. The molecule has 0 aromatic carbocycles. The average Bonchev–Trinajstić information content (AvgIpc) is 2.25. The molecule has 0 aliphatic rings. The van der Waals surface area contributed by atoms with Gasteiger partial charge in [0.25, 0.3) is 0 Å². The van der Waals surface area contributed by atoms with Gasteiger partial charge in [0.15, 0.2) is 0 Å². The molecule has 2 heteroatoms. The van der Waals surface area contributed by atoms with Gasteiger partial charge in [0.2, 0.25) is 0 Å². The van der Waals surface area contributed by atoms with Gasteiger partial charge in [0.05, 0.1) is 6.61 Å². The predicted molar refractivity (Wildman–Crippen MR) is 71.9 cm³/mol. The topological polar surface area (TPSA) is 21.3 Å². The molecule has 1 atom stereocenters. The maximum atomic E-state index is 5.55. The molecule has 0 radical (unpaired) electrons. The third-order valence-corrected chi connectivity index (χ3v) is 2.81. The fourth-order valence-corrected chi connectivity index (χ4v) is 1.62. The quantitative estimate of drug-likeness (QED) is 0.547. The highest BCUT2D eigenvalue weighted by Crippen LogP contribution is 2.05. The van der Waals surface area contributed by atoms with Gasteiger partial charge < -0.3 is 10.1 Å². The normalized spacial score (nSPS) is 13.3. The van der Waals surface area contributed by atoms with E-state index in [4.69, 9.17) is 4.74 Å². The van der Waals surface area contributed by atoms with Crippen LogP contribution >= 0.6 is 0 Å². The van der Waals surface area contributed by atoms with Crippen molar-refractivity contribution in [2.75, 3.05) is 19.8 Å². The lowest BCUT2D eigenvalue weighted by Crippen LogP contribution is -2.29. The van der Waals surface area contributed by atoms with Crippen LogP contribution in [0, 0.1) is 5.92 Å². The largest absolute Gasteiger partial charge is 0.380 e. The van der Waals surface area contributed by atoms with E-state index in [0.717, 1.165) is 25.7 Å². The summed E-state index contributed by atoms with van der Waals surface area (Å²) in [5.74, 6) is 0.814. The van der Waals surface area contributed by atoms with E-state index < -0.39 is 0 Å². The van der Waals surface area contributed by atoms with E-state index in [1.807, 2.05) is 0 Å². The molecule has 0 heterocycles. The highest BCUT2D eigenvalue weighted by atomic mass is 16.5. The Morgan fingerprint density at radius 3 is 2.38 bits per heavy atom. The lowest BCUT2D eigenvalue weighted by Gasteiger charge is -2.14. The fraction of sp³-hybridized carbons (Fsp3) is 1.00. The second-order valence-electron chi connectivity index (χ2n) is 5.15. The van der Waals surface area contributed by atoms with E-state index >= 15 is 0 Å². The predicted octanol–water partition coefficient (Wildman–Crippen LogP) is 3.61. The molecule has 0 aliphatic heterocycles. The van der Waals surface area contributed by atoms with Crippen LogP contribution in [0.1, 0.15) is 59.8 Å². The number of hydrogen-bond donors (Lipinski definition) is 1. The van der Waals surface area contributed by atoms with Gasteiger partial charge in [0.1, 0.15) is 0 Å². The lowest BCUT2D eigenvalue weighted by molar-refractivity contribution is 0.130. The van der Waals surface area contributed by atoms with Crippen molar-refractivity contribution in [1.29, 1.82) is 0 Å². The summed E-state index contributed by atoms with van der Waals surface area (Å²) in [6, 6.07) is 0.627. The van der Waals surface area contributed by atoms with Crippen molar-refractivity contribution in [1.82, 2.24) is 5.32 Å². The van der Waals surface area contributed by atoms with Crippen LogP contribution in [0.25, 0.3) is 0 Å². The Morgan fingerprint density at radius 1 is 1.00 bits per heavy atom. The number of unbranched alkanes of at least 4 members (excludes halogenated alkanes) is 2. The smallest absolute Gasteiger partial charge is 0.0590 e. The summed E-state index contributed by atoms with van der Waals surface area (Å²) in [6.07, 6.45) is 6.35. The summed E-state index contributed by atoms with van der Waals surface area (Å²) in [7, 11) is 0. The van der Waals surface area contributed by atoms with Crippen LogP contribution in [-0.4, -0.2) is 25.8 Å². The van der Waals surface area contributed by atoms with E-state index in [1.165, 1.54) is 32.1 Å². The number of ether oxygens (including phenoxy) is 1. The lowest BCUT2D eigenvalue weighted by atomic mass is 10.0. The Labute approximate surface area is 102 Å². The van der Waals surface area contributed by atoms with Crippen molar-refractivity contribution in [3.8, 4) is 0 Å². The summed E-state index contributed by atoms with van der Waals surface area (Å²) in [4.78, 5) is 0. The summed E-state index contributed by atoms with van der Waals surface area (Å²) < 4.78 is 5.55. The maximum Gasteiger partial charge on any atom is 0.0590 e. The van der Waals surface area contributed by atoms with Gasteiger partial charge in [-0.05, 0) is 32.1 Å². The van der Waals surface area contributed by atoms with Crippen LogP contribution in [0.4, 0.5) is 0 Å². The Kier molecular flexibility index (Phi) is 11.3. The van der Waals surface area contributed by atoms with Gasteiger partial charge in [-0.1, -0.05) is 33.6 Å². The minimum Gasteiger partial charge on any atom is -0.380 e. The van der Waals surface area contributed by atoms with Crippen molar-refractivity contribution in [3.05, 3.63) is 0 Å². The second kappa shape index (κ2) is 11.4. The minimum atomic E-state index is 0.627. The molecule has 0 saturated carbocycles. The molecule has 98 valence electrons. The Morgan fingerprint density at radius 2 is 1.75 bits per heavy atom. The van der Waals surface area contributed by atoms with Crippen LogP contribution in [0.2, 0.25) is 0 Å². The molecule has 0 bridgehead atoms. The number of nitrogens with one attached hydrogen (secondary N) is 1. The zero-order chi connectivity index (χ0) is 12.2. The molecule has 0 spiro atoms. The third kappa shape index (κ3) is 12.0. The van der Waals surface area contributed by atoms with Crippen LogP contribution in [0.3, 0.4) is 0 Å². The molecule has 0 saturated heterocycles. The van der Waals surface area contributed by atoms with Crippen molar-refractivity contribution < 1.29 is 4.74 Å². The monoisotopic (exact) mass is 229 g/mol. The zero-order valence-electron chi connectivity index (χ0n) is 11.7. The Bertz CT molecular complexity index is 137. The van der Waals surface area contributed by atoms with E-state index in [0.29, 0.717) is 6.04 Å². The Balaban J connectivity index is 3.12. The third-order valence-electron chi connectivity index (χ3n) is 2.81. The first-order valence-corrected chi connectivity index (χ1v) is 6.98. The molecule has 1 unspecified atom stereocenters. The first-order valence-electron chi connectivity index (χ1n) is 6.98. The molecular formula is C14H31NO. The fourth-order valence-electron chi connectivity index (χ4n) is 1.62. The molecule has 1 N–H and O–H groups in total. The maximum absolute atomic E-state index is 5.55. The van der Waals surface area contributed by atoms with Gasteiger partial charge in [0, 0.05) is 19.2 Å². The van der Waals surface area contributed by atoms with E-state index in [9.17, 15) is 0 Å². The van der Waals surface area contributed by atoms with Crippen LogP contribution in [0.15, 0.2) is 0 Å². The molecule has 0 fully saturated rings. The number of rotatable bonds is 11. The molecular weight excluding hydrogens is 198 g/mol. The standard InChI is InChI=1S/C14H31NO/c1-5-6-7-11-16-12-10-15-14(4)9-8-13(2)3/h13-15H,5-12H2,1-4H3. The van der Waals surface area contributed by atoms with Crippen molar-refractivity contribution in [2.24, 2.45) is 5.92 Å². The second-order valence-corrected chi connectivity index (χ2v) is 5.15. The highest BCUT2D eigenvalue weighted by Gasteiger charge is 2.02. The van der Waals surface area contributed by atoms with Gasteiger partial charge >= 0.3 is 0 Å². The van der Waals surface area contributed by atoms with Crippen molar-refractivity contribution in [2.45, 2.75) is 65.8 Å². The molecule has 16 heavy (non-hydrogen) atoms. The minimum absolute atomic E-state index is 0.627. The van der Waals surface area contributed by atoms with E-state index in [2.05, 4.69) is 33.0 Å². The van der Waals surface area contributed by atoms with Gasteiger partial charge in [-0.3, -0.25) is 0 Å². The van der Waals surface area contributed by atoms with E-state index in [1.54, 1.807) is 0 Å². The van der Waals surface area contributed by atoms with Crippen molar-refractivity contribution >= 4 is 0 Å². The van der Waals surface area contributed by atoms with Gasteiger partial charge in [-0.25, -0.2) is 0 Å². The van der Waals surface area contributed by atoms with E-state index in [-0.39, 0.29) is 0 Å². The number of hydrogen-bond acceptors (Lipinski definition) is 2. The SMILES string of the molecule is CCCCCOCCNC(C)CCC(C)C. The van der Waals surface area contributed by atoms with Crippen LogP contribution < -0.4 is 5.32 Å². The molecule has 0 aromatic heterocycles. The summed E-state index contributed by atoms with van der Waals surface area (Å²) in [5.41, 5.74) is 0. The summed E-state index contributed by atoms with van der Waals surface area (Å²) in [5, 5.41) is 3.50. The Hall–Kier alpha value is -0.0800. The molecule has 0 rings (SSSR count). The van der Waals surface area contributed by atoms with Gasteiger partial charge in [-0.15, -0.1) is 0 Å².